The van der Waals surface area contributed by atoms with Gasteiger partial charge in [-0.25, -0.2) is 4.98 Å². The van der Waals surface area contributed by atoms with Crippen molar-refractivity contribution in [2.24, 2.45) is 0 Å². The van der Waals surface area contributed by atoms with Crippen LogP contribution in [0, 0.1) is 0 Å². The summed E-state index contributed by atoms with van der Waals surface area (Å²) in [5.74, 6) is 0.895. The molecule has 198 valence electrons. The second-order valence-corrected chi connectivity index (χ2v) is 11.6. The largest absolute Gasteiger partial charge is 0.294 e. The summed E-state index contributed by atoms with van der Waals surface area (Å²) in [5.41, 5.74) is 6.88. The minimum Gasteiger partial charge on any atom is -0.294 e. The fourth-order valence-corrected chi connectivity index (χ4v) is 6.92. The standard InChI is InChI=1S/C39H26N2S/c1-3-11-27(12-4-1)28-19-21-32(22-20-28)41(36-18-10-9-17-33(36)29-13-5-2-6-14-29)39-25-35-34-23-30-15-7-8-16-31(30)24-37(34)42-38(35)26-40-39/h1-26H. The van der Waals surface area contributed by atoms with E-state index in [-0.39, 0.29) is 0 Å². The molecule has 2 nitrogen and oxygen atoms in total. The van der Waals surface area contributed by atoms with Gasteiger partial charge in [-0.15, -0.1) is 11.3 Å². The summed E-state index contributed by atoms with van der Waals surface area (Å²) in [7, 11) is 0. The zero-order valence-corrected chi connectivity index (χ0v) is 23.6. The number of para-hydroxylation sites is 1. The van der Waals surface area contributed by atoms with Crippen molar-refractivity contribution in [1.29, 1.82) is 0 Å². The molecular weight excluding hydrogens is 529 g/mol. The Morgan fingerprint density at radius 3 is 1.83 bits per heavy atom. The molecule has 0 unspecified atom stereocenters. The molecule has 0 amide bonds. The van der Waals surface area contributed by atoms with Crippen molar-refractivity contribution >= 4 is 59.5 Å². The molecule has 0 fully saturated rings. The van der Waals surface area contributed by atoms with Crippen LogP contribution in [-0.2, 0) is 0 Å². The summed E-state index contributed by atoms with van der Waals surface area (Å²) >= 11 is 1.81. The third-order valence-corrected chi connectivity index (χ3v) is 9.01. The molecule has 0 saturated carbocycles. The molecule has 0 aliphatic rings. The molecule has 8 rings (SSSR count). The second kappa shape index (κ2) is 10.3. The van der Waals surface area contributed by atoms with Gasteiger partial charge in [0.2, 0.25) is 0 Å². The predicted octanol–water partition coefficient (Wildman–Crippen LogP) is 11.4. The highest BCUT2D eigenvalue weighted by atomic mass is 32.1. The maximum Gasteiger partial charge on any atom is 0.138 e. The zero-order chi connectivity index (χ0) is 27.9. The molecule has 3 heteroatoms. The molecule has 0 aliphatic heterocycles. The van der Waals surface area contributed by atoms with Gasteiger partial charge in [-0.2, -0.15) is 0 Å². The Bertz CT molecular complexity index is 2180. The van der Waals surface area contributed by atoms with Gasteiger partial charge in [0.05, 0.1) is 10.4 Å². The summed E-state index contributed by atoms with van der Waals surface area (Å²) in [5, 5.41) is 5.02. The number of benzene rings is 6. The third-order valence-electron chi connectivity index (χ3n) is 7.90. The molecule has 8 aromatic rings. The highest BCUT2D eigenvalue weighted by molar-refractivity contribution is 7.25. The van der Waals surface area contributed by atoms with E-state index in [9.17, 15) is 0 Å². The Hall–Kier alpha value is -5.25. The van der Waals surface area contributed by atoms with E-state index in [1.807, 2.05) is 17.5 Å². The lowest BCUT2D eigenvalue weighted by atomic mass is 10.0. The number of pyridine rings is 1. The molecule has 0 bridgehead atoms. The lowest BCUT2D eigenvalue weighted by Crippen LogP contribution is -2.12. The first-order chi connectivity index (χ1) is 20.8. The van der Waals surface area contributed by atoms with Gasteiger partial charge in [-0.05, 0) is 63.9 Å². The highest BCUT2D eigenvalue weighted by Crippen LogP contribution is 2.43. The number of hydrogen-bond donors (Lipinski definition) is 0. The van der Waals surface area contributed by atoms with Crippen LogP contribution in [0.2, 0.25) is 0 Å². The summed E-state index contributed by atoms with van der Waals surface area (Å²) in [6, 6.07) is 54.0. The Kier molecular flexibility index (Phi) is 6.02. The predicted molar refractivity (Wildman–Crippen MR) is 180 cm³/mol. The number of hydrogen-bond acceptors (Lipinski definition) is 3. The molecule has 2 aromatic heterocycles. The van der Waals surface area contributed by atoms with Crippen molar-refractivity contribution < 1.29 is 0 Å². The number of anilines is 3. The van der Waals surface area contributed by atoms with Crippen molar-refractivity contribution in [3.8, 4) is 22.3 Å². The van der Waals surface area contributed by atoms with Crippen LogP contribution in [0.5, 0.6) is 0 Å². The number of fused-ring (bicyclic) bond motifs is 4. The molecule has 6 aromatic carbocycles. The number of aromatic nitrogens is 1. The van der Waals surface area contributed by atoms with Crippen LogP contribution in [0.25, 0.3) is 53.2 Å². The van der Waals surface area contributed by atoms with E-state index in [1.54, 1.807) is 0 Å². The zero-order valence-electron chi connectivity index (χ0n) is 22.8. The van der Waals surface area contributed by atoms with Crippen LogP contribution in [0.3, 0.4) is 0 Å². The molecular formula is C39H26N2S. The number of thiophene rings is 1. The quantitative estimate of drug-likeness (QED) is 0.210. The fourth-order valence-electron chi connectivity index (χ4n) is 5.84. The van der Waals surface area contributed by atoms with Crippen molar-refractivity contribution in [2.45, 2.75) is 0 Å². The number of rotatable bonds is 5. The van der Waals surface area contributed by atoms with Crippen LogP contribution in [0.15, 0.2) is 158 Å². The van der Waals surface area contributed by atoms with Gasteiger partial charge >= 0.3 is 0 Å². The monoisotopic (exact) mass is 554 g/mol. The first-order valence-electron chi connectivity index (χ1n) is 14.1. The van der Waals surface area contributed by atoms with Crippen LogP contribution in [0.4, 0.5) is 17.2 Å². The third kappa shape index (κ3) is 4.32. The Labute approximate surface area is 248 Å². The van der Waals surface area contributed by atoms with Crippen LogP contribution in [-0.4, -0.2) is 4.98 Å². The first-order valence-corrected chi connectivity index (χ1v) is 14.9. The Balaban J connectivity index is 1.34. The van der Waals surface area contributed by atoms with Gasteiger partial charge in [0, 0.05) is 32.9 Å². The Morgan fingerprint density at radius 1 is 0.476 bits per heavy atom. The fraction of sp³-hybridized carbons (Fsp3) is 0. The highest BCUT2D eigenvalue weighted by Gasteiger charge is 2.19. The summed E-state index contributed by atoms with van der Waals surface area (Å²) in [4.78, 5) is 7.37. The van der Waals surface area contributed by atoms with Crippen LogP contribution >= 0.6 is 11.3 Å². The smallest absolute Gasteiger partial charge is 0.138 e. The van der Waals surface area contributed by atoms with Crippen molar-refractivity contribution in [3.05, 3.63) is 158 Å². The van der Waals surface area contributed by atoms with Crippen LogP contribution in [0.1, 0.15) is 0 Å². The Morgan fingerprint density at radius 2 is 1.07 bits per heavy atom. The average molecular weight is 555 g/mol. The van der Waals surface area contributed by atoms with E-state index < -0.39 is 0 Å². The molecule has 0 atom stereocenters. The van der Waals surface area contributed by atoms with Crippen molar-refractivity contribution in [2.75, 3.05) is 4.90 Å². The van der Waals surface area contributed by atoms with Gasteiger partial charge in [0.25, 0.3) is 0 Å². The number of nitrogens with zero attached hydrogens (tertiary/aromatic N) is 2. The van der Waals surface area contributed by atoms with Crippen LogP contribution < -0.4 is 4.90 Å². The maximum absolute atomic E-state index is 5.08. The lowest BCUT2D eigenvalue weighted by molar-refractivity contribution is 1.20. The molecule has 0 aliphatic carbocycles. The van der Waals surface area contributed by atoms with E-state index in [0.29, 0.717) is 0 Å². The minimum absolute atomic E-state index is 0.895. The molecule has 42 heavy (non-hydrogen) atoms. The van der Waals surface area contributed by atoms with Crippen molar-refractivity contribution in [1.82, 2.24) is 4.98 Å². The van der Waals surface area contributed by atoms with Gasteiger partial charge in [-0.3, -0.25) is 4.90 Å². The van der Waals surface area contributed by atoms with Gasteiger partial charge < -0.3 is 0 Å². The van der Waals surface area contributed by atoms with Gasteiger partial charge in [0.15, 0.2) is 0 Å². The van der Waals surface area contributed by atoms with E-state index in [4.69, 9.17) is 4.98 Å². The summed E-state index contributed by atoms with van der Waals surface area (Å²) in [6.45, 7) is 0. The molecule has 0 N–H and O–H groups in total. The van der Waals surface area contributed by atoms with E-state index in [2.05, 4.69) is 157 Å². The minimum atomic E-state index is 0.895. The van der Waals surface area contributed by atoms with E-state index in [0.717, 1.165) is 22.8 Å². The normalized spacial score (nSPS) is 11.3. The lowest BCUT2D eigenvalue weighted by Gasteiger charge is -2.27. The first kappa shape index (κ1) is 24.5. The molecule has 2 heterocycles. The summed E-state index contributed by atoms with van der Waals surface area (Å²) < 4.78 is 2.48. The van der Waals surface area contributed by atoms with E-state index in [1.165, 1.54) is 47.6 Å². The van der Waals surface area contributed by atoms with Gasteiger partial charge in [0.1, 0.15) is 5.82 Å². The van der Waals surface area contributed by atoms with Crippen molar-refractivity contribution in [3.63, 3.8) is 0 Å². The molecule has 0 radical (unpaired) electrons. The topological polar surface area (TPSA) is 16.1 Å². The molecule has 0 saturated heterocycles. The molecule has 0 spiro atoms. The van der Waals surface area contributed by atoms with Gasteiger partial charge in [-0.1, -0.05) is 115 Å². The maximum atomic E-state index is 5.08. The van der Waals surface area contributed by atoms with E-state index >= 15 is 0 Å². The summed E-state index contributed by atoms with van der Waals surface area (Å²) in [6.07, 6.45) is 2.04. The SMILES string of the molecule is c1ccc(-c2ccc(N(c3cc4c(cn3)sc3cc5ccccc5cc34)c3ccccc3-c3ccccc3)cc2)cc1. The average Bonchev–Trinajstić information content (AvgIpc) is 3.42. The second-order valence-electron chi connectivity index (χ2n) is 10.5.